The molecule has 0 unspecified atom stereocenters. The Hall–Kier alpha value is -3.35. The van der Waals surface area contributed by atoms with Gasteiger partial charge in [0.2, 0.25) is 11.7 Å². The van der Waals surface area contributed by atoms with Crippen LogP contribution in [0.1, 0.15) is 42.6 Å². The van der Waals surface area contributed by atoms with Crippen molar-refractivity contribution in [3.63, 3.8) is 0 Å². The van der Waals surface area contributed by atoms with E-state index in [0.29, 0.717) is 29.6 Å². The van der Waals surface area contributed by atoms with E-state index >= 15 is 0 Å². The van der Waals surface area contributed by atoms with Crippen LogP contribution >= 0.6 is 0 Å². The van der Waals surface area contributed by atoms with Crippen molar-refractivity contribution < 1.29 is 23.5 Å². The molecule has 0 saturated heterocycles. The summed E-state index contributed by atoms with van der Waals surface area (Å²) < 4.78 is 21.7. The predicted octanol–water partition coefficient (Wildman–Crippen LogP) is 4.41. The summed E-state index contributed by atoms with van der Waals surface area (Å²) in [6.07, 6.45) is 0. The normalized spacial score (nSPS) is 11.2. The fourth-order valence-corrected chi connectivity index (χ4v) is 2.67. The van der Waals surface area contributed by atoms with Crippen molar-refractivity contribution in [2.45, 2.75) is 32.8 Å². The summed E-state index contributed by atoms with van der Waals surface area (Å²) in [6, 6.07) is 12.9. The largest absolute Gasteiger partial charge is 0.493 e. The molecule has 0 N–H and O–H groups in total. The summed E-state index contributed by atoms with van der Waals surface area (Å²) in [4.78, 5) is 16.9. The van der Waals surface area contributed by atoms with E-state index in [1.165, 1.54) is 14.2 Å². The van der Waals surface area contributed by atoms with Crippen molar-refractivity contribution in [3.8, 4) is 22.9 Å². The molecule has 0 aliphatic rings. The Kier molecular flexibility index (Phi) is 5.87. The first-order valence-corrected chi connectivity index (χ1v) is 9.15. The van der Waals surface area contributed by atoms with Crippen LogP contribution in [0.15, 0.2) is 47.0 Å². The van der Waals surface area contributed by atoms with Gasteiger partial charge in [-0.05, 0) is 17.7 Å². The SMILES string of the molecule is COC(=O)c1cc(OCc2ccccc2)c(OC)cc1-c1noc(C(C)(C)C)n1. The van der Waals surface area contributed by atoms with Gasteiger partial charge >= 0.3 is 5.97 Å². The fourth-order valence-electron chi connectivity index (χ4n) is 2.67. The number of nitrogens with zero attached hydrogens (tertiary/aromatic N) is 2. The third-order valence-corrected chi connectivity index (χ3v) is 4.25. The number of benzene rings is 2. The molecule has 0 spiro atoms. The monoisotopic (exact) mass is 396 g/mol. The van der Waals surface area contributed by atoms with Gasteiger partial charge in [0, 0.05) is 11.0 Å². The van der Waals surface area contributed by atoms with Gasteiger partial charge in [-0.1, -0.05) is 56.3 Å². The number of carbonyl (C=O) groups is 1. The summed E-state index contributed by atoms with van der Waals surface area (Å²) in [7, 11) is 2.85. The Morgan fingerprint density at radius 3 is 2.38 bits per heavy atom. The smallest absolute Gasteiger partial charge is 0.338 e. The fraction of sp³-hybridized carbons (Fsp3) is 0.318. The Morgan fingerprint density at radius 1 is 1.07 bits per heavy atom. The lowest BCUT2D eigenvalue weighted by Gasteiger charge is -2.14. The lowest BCUT2D eigenvalue weighted by atomic mass is 9.97. The molecule has 0 bridgehead atoms. The van der Waals surface area contributed by atoms with E-state index in [2.05, 4.69) is 10.1 Å². The van der Waals surface area contributed by atoms with Crippen molar-refractivity contribution in [3.05, 3.63) is 59.5 Å². The second kappa shape index (κ2) is 8.34. The topological polar surface area (TPSA) is 83.7 Å². The number of hydrogen-bond donors (Lipinski definition) is 0. The molecule has 3 rings (SSSR count). The Labute approximate surface area is 169 Å². The summed E-state index contributed by atoms with van der Waals surface area (Å²) in [5, 5.41) is 4.04. The Morgan fingerprint density at radius 2 is 1.79 bits per heavy atom. The molecule has 0 fully saturated rings. The van der Waals surface area contributed by atoms with Gasteiger partial charge in [0.1, 0.15) is 6.61 Å². The van der Waals surface area contributed by atoms with Crippen molar-refractivity contribution in [1.29, 1.82) is 0 Å². The summed E-state index contributed by atoms with van der Waals surface area (Å²) in [5.74, 6) is 1.08. The Balaban J connectivity index is 2.02. The maximum Gasteiger partial charge on any atom is 0.338 e. The van der Waals surface area contributed by atoms with Gasteiger partial charge in [0.15, 0.2) is 11.5 Å². The standard InChI is InChI=1S/C22H24N2O5/c1-22(2,3)21-23-19(24-29-21)15-11-17(26-4)18(12-16(15)20(25)27-5)28-13-14-9-7-6-8-10-14/h6-12H,13H2,1-5H3. The van der Waals surface area contributed by atoms with Gasteiger partial charge in [-0.3, -0.25) is 0 Å². The molecule has 0 amide bonds. The molecule has 0 aliphatic carbocycles. The lowest BCUT2D eigenvalue weighted by molar-refractivity contribution is 0.0601. The summed E-state index contributed by atoms with van der Waals surface area (Å²) in [6.45, 7) is 6.22. The third kappa shape index (κ3) is 4.56. The minimum Gasteiger partial charge on any atom is -0.493 e. The number of esters is 1. The summed E-state index contributed by atoms with van der Waals surface area (Å²) >= 11 is 0. The van der Waals surface area contributed by atoms with Crippen molar-refractivity contribution in [2.24, 2.45) is 0 Å². The van der Waals surface area contributed by atoms with E-state index in [1.54, 1.807) is 12.1 Å². The molecular weight excluding hydrogens is 372 g/mol. The number of methoxy groups -OCH3 is 2. The molecule has 29 heavy (non-hydrogen) atoms. The second-order valence-corrected chi connectivity index (χ2v) is 7.49. The molecule has 0 saturated carbocycles. The van der Waals surface area contributed by atoms with Crippen molar-refractivity contribution >= 4 is 5.97 Å². The molecule has 7 heteroatoms. The minimum absolute atomic E-state index is 0.262. The molecule has 0 aliphatic heterocycles. The average molecular weight is 396 g/mol. The first-order valence-electron chi connectivity index (χ1n) is 9.15. The molecule has 0 radical (unpaired) electrons. The molecule has 0 atom stereocenters. The van der Waals surface area contributed by atoms with Crippen LogP contribution in [-0.2, 0) is 16.8 Å². The van der Waals surface area contributed by atoms with Crippen LogP contribution in [0.3, 0.4) is 0 Å². The van der Waals surface area contributed by atoms with Crippen molar-refractivity contribution in [1.82, 2.24) is 10.1 Å². The van der Waals surface area contributed by atoms with Crippen LogP contribution < -0.4 is 9.47 Å². The average Bonchev–Trinajstić information content (AvgIpc) is 3.22. The van der Waals surface area contributed by atoms with E-state index in [9.17, 15) is 4.79 Å². The van der Waals surface area contributed by atoms with Crippen LogP contribution in [-0.4, -0.2) is 30.3 Å². The molecule has 1 aromatic heterocycles. The quantitative estimate of drug-likeness (QED) is 0.571. The molecule has 2 aromatic carbocycles. The van der Waals surface area contributed by atoms with E-state index in [4.69, 9.17) is 18.7 Å². The van der Waals surface area contributed by atoms with E-state index in [1.807, 2.05) is 51.1 Å². The minimum atomic E-state index is -0.533. The van der Waals surface area contributed by atoms with Crippen LogP contribution in [0.5, 0.6) is 11.5 Å². The maximum atomic E-state index is 12.4. The number of hydrogen-bond acceptors (Lipinski definition) is 7. The highest BCUT2D eigenvalue weighted by Crippen LogP contribution is 2.36. The van der Waals surface area contributed by atoms with Crippen LogP contribution in [0.2, 0.25) is 0 Å². The zero-order chi connectivity index (χ0) is 21.0. The van der Waals surface area contributed by atoms with E-state index in [-0.39, 0.29) is 16.8 Å². The van der Waals surface area contributed by atoms with Crippen molar-refractivity contribution in [2.75, 3.05) is 14.2 Å². The Bertz CT molecular complexity index is 990. The molecule has 3 aromatic rings. The van der Waals surface area contributed by atoms with Crippen LogP contribution in [0, 0.1) is 0 Å². The van der Waals surface area contributed by atoms with Gasteiger partial charge < -0.3 is 18.7 Å². The van der Waals surface area contributed by atoms with Gasteiger partial charge in [0.05, 0.1) is 19.8 Å². The lowest BCUT2D eigenvalue weighted by Crippen LogP contribution is -2.11. The number of carbonyl (C=O) groups excluding carboxylic acids is 1. The predicted molar refractivity (Wildman–Crippen MR) is 107 cm³/mol. The third-order valence-electron chi connectivity index (χ3n) is 4.25. The number of aromatic nitrogens is 2. The van der Waals surface area contributed by atoms with Gasteiger partial charge in [0.25, 0.3) is 0 Å². The van der Waals surface area contributed by atoms with Crippen LogP contribution in [0.4, 0.5) is 0 Å². The molecule has 152 valence electrons. The molecular formula is C22H24N2O5. The maximum absolute atomic E-state index is 12.4. The van der Waals surface area contributed by atoms with Gasteiger partial charge in [-0.15, -0.1) is 0 Å². The van der Waals surface area contributed by atoms with E-state index in [0.717, 1.165) is 5.56 Å². The first-order chi connectivity index (χ1) is 13.8. The number of ether oxygens (including phenoxy) is 3. The second-order valence-electron chi connectivity index (χ2n) is 7.49. The van der Waals surface area contributed by atoms with Gasteiger partial charge in [-0.2, -0.15) is 4.98 Å². The molecule has 7 nitrogen and oxygen atoms in total. The van der Waals surface area contributed by atoms with Gasteiger partial charge in [-0.25, -0.2) is 4.79 Å². The zero-order valence-electron chi connectivity index (χ0n) is 17.2. The highest BCUT2D eigenvalue weighted by Gasteiger charge is 2.26. The first kappa shape index (κ1) is 20.4. The highest BCUT2D eigenvalue weighted by molar-refractivity contribution is 5.97. The van der Waals surface area contributed by atoms with E-state index < -0.39 is 5.97 Å². The number of rotatable bonds is 6. The van der Waals surface area contributed by atoms with Crippen LogP contribution in [0.25, 0.3) is 11.4 Å². The zero-order valence-corrected chi connectivity index (χ0v) is 17.2. The molecule has 1 heterocycles. The summed E-state index contributed by atoms with van der Waals surface area (Å²) in [5.41, 5.74) is 1.38. The highest BCUT2D eigenvalue weighted by atomic mass is 16.5.